The zero-order valence-electron chi connectivity index (χ0n) is 19.1. The van der Waals surface area contributed by atoms with Crippen molar-refractivity contribution >= 4 is 39.6 Å². The van der Waals surface area contributed by atoms with Gasteiger partial charge in [-0.3, -0.25) is 4.79 Å². The van der Waals surface area contributed by atoms with Crippen molar-refractivity contribution in [3.8, 4) is 11.1 Å². The fraction of sp³-hybridized carbons (Fsp3) is 0.222. The number of ether oxygens (including phenoxy) is 1. The van der Waals surface area contributed by atoms with E-state index in [9.17, 15) is 19.5 Å². The molecule has 3 N–H and O–H groups in total. The molecular formula is C27H25BrN2O5. The number of hydrogen-bond acceptors (Lipinski definition) is 4. The molecule has 0 aromatic heterocycles. The van der Waals surface area contributed by atoms with Crippen LogP contribution in [0.5, 0.6) is 0 Å². The summed E-state index contributed by atoms with van der Waals surface area (Å²) < 4.78 is 6.11. The Labute approximate surface area is 211 Å². The van der Waals surface area contributed by atoms with Crippen LogP contribution in [0.3, 0.4) is 0 Å². The van der Waals surface area contributed by atoms with Crippen LogP contribution in [0.4, 0.5) is 10.5 Å². The van der Waals surface area contributed by atoms with Gasteiger partial charge in [-0.05, 0) is 46.9 Å². The molecule has 35 heavy (non-hydrogen) atoms. The number of carbonyl (C=O) groups is 3. The van der Waals surface area contributed by atoms with Crippen molar-refractivity contribution in [3.05, 3.63) is 87.9 Å². The van der Waals surface area contributed by atoms with Gasteiger partial charge in [0.1, 0.15) is 6.61 Å². The predicted molar refractivity (Wildman–Crippen MR) is 137 cm³/mol. The first-order chi connectivity index (χ1) is 16.9. The minimum absolute atomic E-state index is 0.0234. The molecule has 2 amide bonds. The third kappa shape index (κ3) is 5.71. The molecule has 4 rings (SSSR count). The van der Waals surface area contributed by atoms with E-state index in [1.54, 1.807) is 6.07 Å². The molecule has 7 nitrogen and oxygen atoms in total. The lowest BCUT2D eigenvalue weighted by molar-refractivity contribution is -0.116. The number of nitrogens with one attached hydrogen (secondary N) is 2. The number of fused-ring (bicyclic) bond motifs is 3. The monoisotopic (exact) mass is 536 g/mol. The van der Waals surface area contributed by atoms with Crippen LogP contribution in [0.1, 0.15) is 47.2 Å². The molecule has 0 spiro atoms. The van der Waals surface area contributed by atoms with Gasteiger partial charge in [0.25, 0.3) is 0 Å². The van der Waals surface area contributed by atoms with E-state index < -0.39 is 18.1 Å². The van der Waals surface area contributed by atoms with E-state index in [0.717, 1.165) is 22.3 Å². The lowest BCUT2D eigenvalue weighted by atomic mass is 9.98. The highest BCUT2D eigenvalue weighted by Crippen LogP contribution is 2.44. The van der Waals surface area contributed by atoms with Gasteiger partial charge in [-0.1, -0.05) is 71.4 Å². The number of amides is 2. The van der Waals surface area contributed by atoms with E-state index in [2.05, 4.69) is 50.8 Å². The SMILES string of the molecule is CC[C@H](CC(=O)Nc1cc(Br)cc(C(=O)O)c1)NC(=O)OCC1c2ccccc2-c2ccccc21. The van der Waals surface area contributed by atoms with Crippen LogP contribution >= 0.6 is 15.9 Å². The lowest BCUT2D eigenvalue weighted by Gasteiger charge is -2.19. The largest absolute Gasteiger partial charge is 0.478 e. The Bertz CT molecular complexity index is 1230. The highest BCUT2D eigenvalue weighted by Gasteiger charge is 2.29. The number of benzene rings is 3. The van der Waals surface area contributed by atoms with Crippen molar-refractivity contribution in [2.24, 2.45) is 0 Å². The van der Waals surface area contributed by atoms with Crippen molar-refractivity contribution in [3.63, 3.8) is 0 Å². The predicted octanol–water partition coefficient (Wildman–Crippen LogP) is 5.79. The zero-order valence-corrected chi connectivity index (χ0v) is 20.7. The molecule has 0 saturated carbocycles. The van der Waals surface area contributed by atoms with Gasteiger partial charge >= 0.3 is 12.1 Å². The molecule has 0 aliphatic heterocycles. The number of halogens is 1. The van der Waals surface area contributed by atoms with Gasteiger partial charge in [-0.25, -0.2) is 9.59 Å². The number of hydrogen-bond donors (Lipinski definition) is 3. The summed E-state index contributed by atoms with van der Waals surface area (Å²) in [7, 11) is 0. The lowest BCUT2D eigenvalue weighted by Crippen LogP contribution is -2.38. The number of rotatable bonds is 8. The number of carbonyl (C=O) groups excluding carboxylic acids is 2. The number of aromatic carboxylic acids is 1. The smallest absolute Gasteiger partial charge is 0.407 e. The van der Waals surface area contributed by atoms with Crippen LogP contribution in [-0.4, -0.2) is 35.7 Å². The second kappa shape index (κ2) is 10.7. The third-order valence-electron chi connectivity index (χ3n) is 6.02. The maximum Gasteiger partial charge on any atom is 0.407 e. The van der Waals surface area contributed by atoms with Gasteiger partial charge in [0.15, 0.2) is 0 Å². The topological polar surface area (TPSA) is 105 Å². The van der Waals surface area contributed by atoms with Gasteiger partial charge in [-0.15, -0.1) is 0 Å². The van der Waals surface area contributed by atoms with Gasteiger partial charge in [-0.2, -0.15) is 0 Å². The maximum absolute atomic E-state index is 12.6. The Morgan fingerprint density at radius 1 is 1.00 bits per heavy atom. The molecule has 0 fully saturated rings. The molecule has 0 unspecified atom stereocenters. The summed E-state index contributed by atoms with van der Waals surface area (Å²) in [4.78, 5) is 36.3. The molecule has 1 aliphatic rings. The number of carboxylic acids is 1. The summed E-state index contributed by atoms with van der Waals surface area (Å²) in [6, 6.07) is 20.2. The van der Waals surface area contributed by atoms with Crippen molar-refractivity contribution in [1.82, 2.24) is 5.32 Å². The van der Waals surface area contributed by atoms with Crippen LogP contribution in [0.2, 0.25) is 0 Å². The quantitative estimate of drug-likeness (QED) is 0.337. The molecule has 3 aromatic carbocycles. The van der Waals surface area contributed by atoms with Crippen LogP contribution in [0.15, 0.2) is 71.2 Å². The second-order valence-electron chi connectivity index (χ2n) is 8.36. The highest BCUT2D eigenvalue weighted by atomic mass is 79.9. The minimum atomic E-state index is -1.09. The first kappa shape index (κ1) is 24.5. The van der Waals surface area contributed by atoms with Gasteiger partial charge in [0.2, 0.25) is 5.91 Å². The fourth-order valence-electron chi connectivity index (χ4n) is 4.33. The summed E-state index contributed by atoms with van der Waals surface area (Å²) in [5, 5.41) is 14.7. The summed E-state index contributed by atoms with van der Waals surface area (Å²) in [6.45, 7) is 2.06. The minimum Gasteiger partial charge on any atom is -0.478 e. The van der Waals surface area contributed by atoms with E-state index in [1.807, 2.05) is 31.2 Å². The molecule has 8 heteroatoms. The Kier molecular flexibility index (Phi) is 7.51. The average molecular weight is 537 g/mol. The molecule has 3 aromatic rings. The first-order valence-corrected chi connectivity index (χ1v) is 12.1. The number of alkyl carbamates (subject to hydrolysis) is 1. The summed E-state index contributed by atoms with van der Waals surface area (Å²) >= 11 is 3.25. The summed E-state index contributed by atoms with van der Waals surface area (Å²) in [5.74, 6) is -1.48. The van der Waals surface area contributed by atoms with E-state index in [-0.39, 0.29) is 30.4 Å². The van der Waals surface area contributed by atoms with Crippen LogP contribution in [0.25, 0.3) is 11.1 Å². The van der Waals surface area contributed by atoms with E-state index in [4.69, 9.17) is 4.74 Å². The molecule has 0 bridgehead atoms. The molecule has 1 atom stereocenters. The van der Waals surface area contributed by atoms with E-state index in [1.165, 1.54) is 12.1 Å². The van der Waals surface area contributed by atoms with Gasteiger partial charge < -0.3 is 20.5 Å². The van der Waals surface area contributed by atoms with Crippen molar-refractivity contribution in [2.75, 3.05) is 11.9 Å². The molecule has 0 radical (unpaired) electrons. The Morgan fingerprint density at radius 2 is 1.63 bits per heavy atom. The summed E-state index contributed by atoms with van der Waals surface area (Å²) in [5.41, 5.74) is 4.97. The fourth-order valence-corrected chi connectivity index (χ4v) is 4.82. The standard InChI is InChI=1S/C27H25BrN2O5/c1-2-18(14-25(31)29-19-12-16(26(32)33)11-17(28)13-19)30-27(34)35-15-24-22-9-5-3-7-20(22)21-8-4-6-10-23(21)24/h3-13,18,24H,2,14-15H2,1H3,(H,29,31)(H,30,34)(H,32,33)/t18-/m1/s1. The number of anilines is 1. The van der Waals surface area contributed by atoms with Crippen molar-refractivity contribution < 1.29 is 24.2 Å². The number of carboxylic acid groups (broad SMARTS) is 1. The highest BCUT2D eigenvalue weighted by molar-refractivity contribution is 9.10. The van der Waals surface area contributed by atoms with Crippen LogP contribution < -0.4 is 10.6 Å². The normalized spacial score (nSPS) is 12.9. The zero-order chi connectivity index (χ0) is 24.9. The van der Waals surface area contributed by atoms with Crippen molar-refractivity contribution in [2.45, 2.75) is 31.7 Å². The average Bonchev–Trinajstić information content (AvgIpc) is 3.15. The molecule has 180 valence electrons. The molecule has 0 saturated heterocycles. The van der Waals surface area contributed by atoms with E-state index >= 15 is 0 Å². The molecule has 0 heterocycles. The maximum atomic E-state index is 12.6. The first-order valence-electron chi connectivity index (χ1n) is 11.3. The molecular weight excluding hydrogens is 512 g/mol. The Morgan fingerprint density at radius 3 is 2.23 bits per heavy atom. The molecule has 1 aliphatic carbocycles. The van der Waals surface area contributed by atoms with Crippen LogP contribution in [0, 0.1) is 0 Å². The van der Waals surface area contributed by atoms with Gasteiger partial charge in [0, 0.05) is 28.5 Å². The van der Waals surface area contributed by atoms with Crippen LogP contribution in [-0.2, 0) is 9.53 Å². The van der Waals surface area contributed by atoms with Gasteiger partial charge in [0.05, 0.1) is 5.56 Å². The summed E-state index contributed by atoms with van der Waals surface area (Å²) in [6.07, 6.45) is -0.0337. The third-order valence-corrected chi connectivity index (χ3v) is 6.48. The Hall–Kier alpha value is -3.65. The Balaban J connectivity index is 1.34. The second-order valence-corrected chi connectivity index (χ2v) is 9.28. The van der Waals surface area contributed by atoms with E-state index in [0.29, 0.717) is 16.6 Å². The van der Waals surface area contributed by atoms with Crippen molar-refractivity contribution in [1.29, 1.82) is 0 Å².